The summed E-state index contributed by atoms with van der Waals surface area (Å²) in [6, 6.07) is 14.5. The minimum absolute atomic E-state index is 0.0545. The van der Waals surface area contributed by atoms with Crippen LogP contribution in [0.15, 0.2) is 48.5 Å². The molecule has 1 fully saturated rings. The van der Waals surface area contributed by atoms with Gasteiger partial charge >= 0.3 is 6.18 Å². The van der Waals surface area contributed by atoms with Crippen molar-refractivity contribution >= 4 is 5.91 Å². The van der Waals surface area contributed by atoms with Crippen molar-refractivity contribution < 1.29 is 18.0 Å². The van der Waals surface area contributed by atoms with E-state index in [1.54, 1.807) is 23.1 Å². The Morgan fingerprint density at radius 3 is 2.45 bits per heavy atom. The van der Waals surface area contributed by atoms with Crippen molar-refractivity contribution in [2.45, 2.75) is 25.6 Å². The van der Waals surface area contributed by atoms with E-state index < -0.39 is 11.7 Å². The fraction of sp³-hybridized carbons (Fsp3) is 0.364. The van der Waals surface area contributed by atoms with Gasteiger partial charge in [0.1, 0.15) is 0 Å². The molecule has 2 aromatic carbocycles. The number of alkyl halides is 3. The van der Waals surface area contributed by atoms with E-state index in [4.69, 9.17) is 5.26 Å². The van der Waals surface area contributed by atoms with E-state index in [0.717, 1.165) is 36.2 Å². The van der Waals surface area contributed by atoms with Crippen LogP contribution in [0.1, 0.15) is 33.5 Å². The zero-order valence-corrected chi connectivity index (χ0v) is 16.0. The lowest BCUT2D eigenvalue weighted by Gasteiger charge is -2.22. The van der Waals surface area contributed by atoms with Crippen LogP contribution in [-0.4, -0.2) is 41.9 Å². The highest BCUT2D eigenvalue weighted by atomic mass is 19.4. The first-order chi connectivity index (χ1) is 13.9. The normalized spacial score (nSPS) is 15.6. The second-order valence-electron chi connectivity index (χ2n) is 7.15. The molecule has 0 unspecified atom stereocenters. The quantitative estimate of drug-likeness (QED) is 0.774. The molecule has 0 radical (unpaired) electrons. The van der Waals surface area contributed by atoms with E-state index in [2.05, 4.69) is 11.0 Å². The molecule has 152 valence electrons. The summed E-state index contributed by atoms with van der Waals surface area (Å²) in [6.07, 6.45) is -3.27. The van der Waals surface area contributed by atoms with Crippen LogP contribution in [0.25, 0.3) is 0 Å². The molecule has 29 heavy (non-hydrogen) atoms. The zero-order chi connectivity index (χ0) is 20.9. The third-order valence-electron chi connectivity index (χ3n) is 5.02. The summed E-state index contributed by atoms with van der Waals surface area (Å²) in [6.45, 7) is 3.18. The van der Waals surface area contributed by atoms with Crippen molar-refractivity contribution in [1.82, 2.24) is 9.80 Å². The Hall–Kier alpha value is -2.85. The summed E-state index contributed by atoms with van der Waals surface area (Å²) in [5.74, 6) is -0.0545. The topological polar surface area (TPSA) is 47.3 Å². The van der Waals surface area contributed by atoms with Crippen molar-refractivity contribution in [3.05, 3.63) is 70.8 Å². The van der Waals surface area contributed by atoms with Crippen molar-refractivity contribution in [2.75, 3.05) is 26.2 Å². The number of halogens is 3. The molecule has 0 atom stereocenters. The van der Waals surface area contributed by atoms with Gasteiger partial charge in [-0.25, -0.2) is 0 Å². The maximum atomic E-state index is 12.8. The van der Waals surface area contributed by atoms with E-state index in [1.165, 1.54) is 12.1 Å². The molecular formula is C22H22F3N3O. The molecule has 2 aromatic rings. The van der Waals surface area contributed by atoms with Crippen molar-refractivity contribution in [1.29, 1.82) is 5.26 Å². The molecule has 0 spiro atoms. The summed E-state index contributed by atoms with van der Waals surface area (Å²) in [4.78, 5) is 16.8. The van der Waals surface area contributed by atoms with Crippen LogP contribution in [0.2, 0.25) is 0 Å². The first-order valence-electron chi connectivity index (χ1n) is 9.50. The summed E-state index contributed by atoms with van der Waals surface area (Å²) >= 11 is 0. The highest BCUT2D eigenvalue weighted by Crippen LogP contribution is 2.29. The minimum Gasteiger partial charge on any atom is -0.337 e. The fourth-order valence-electron chi connectivity index (χ4n) is 3.48. The Kier molecular flexibility index (Phi) is 6.55. The molecule has 1 amide bonds. The molecule has 0 aliphatic carbocycles. The third-order valence-corrected chi connectivity index (χ3v) is 5.02. The second-order valence-corrected chi connectivity index (χ2v) is 7.15. The van der Waals surface area contributed by atoms with Gasteiger partial charge in [-0.2, -0.15) is 18.4 Å². The van der Waals surface area contributed by atoms with E-state index in [1.807, 2.05) is 6.07 Å². The van der Waals surface area contributed by atoms with E-state index in [0.29, 0.717) is 31.7 Å². The molecule has 0 saturated carbocycles. The number of hydrogen-bond acceptors (Lipinski definition) is 3. The van der Waals surface area contributed by atoms with Crippen molar-refractivity contribution in [3.8, 4) is 6.07 Å². The SMILES string of the molecule is N#CCc1cccc(C(=O)N2CCCN(Cc3ccc(C(F)(F)F)cc3)CC2)c1. The molecule has 0 aromatic heterocycles. The molecular weight excluding hydrogens is 379 g/mol. The van der Waals surface area contributed by atoms with Crippen molar-refractivity contribution in [2.24, 2.45) is 0 Å². The van der Waals surface area contributed by atoms with E-state index >= 15 is 0 Å². The van der Waals surface area contributed by atoms with Gasteiger partial charge in [-0.15, -0.1) is 0 Å². The second kappa shape index (κ2) is 9.10. The summed E-state index contributed by atoms with van der Waals surface area (Å²) in [5, 5.41) is 8.83. The Morgan fingerprint density at radius 1 is 1.00 bits per heavy atom. The van der Waals surface area contributed by atoms with Crippen molar-refractivity contribution in [3.63, 3.8) is 0 Å². The van der Waals surface area contributed by atoms with Gasteiger partial charge in [-0.1, -0.05) is 24.3 Å². The van der Waals surface area contributed by atoms with Gasteiger partial charge in [-0.3, -0.25) is 9.69 Å². The minimum atomic E-state index is -4.33. The number of nitriles is 1. The van der Waals surface area contributed by atoms with Crippen LogP contribution in [-0.2, 0) is 19.1 Å². The van der Waals surface area contributed by atoms with Gasteiger partial charge in [0.2, 0.25) is 0 Å². The average Bonchev–Trinajstić information content (AvgIpc) is 2.93. The molecule has 3 rings (SSSR count). The molecule has 1 heterocycles. The maximum Gasteiger partial charge on any atom is 0.416 e. The predicted octanol–water partition coefficient (Wildman–Crippen LogP) is 4.12. The highest BCUT2D eigenvalue weighted by molar-refractivity contribution is 5.94. The number of nitrogens with zero attached hydrogens (tertiary/aromatic N) is 3. The van der Waals surface area contributed by atoms with Gasteiger partial charge in [0.15, 0.2) is 0 Å². The number of amides is 1. The molecule has 4 nitrogen and oxygen atoms in total. The predicted molar refractivity (Wildman–Crippen MR) is 103 cm³/mol. The van der Waals surface area contributed by atoms with Crippen LogP contribution >= 0.6 is 0 Å². The summed E-state index contributed by atoms with van der Waals surface area (Å²) < 4.78 is 38.1. The summed E-state index contributed by atoms with van der Waals surface area (Å²) in [7, 11) is 0. The van der Waals surface area contributed by atoms with Crippen LogP contribution in [0, 0.1) is 11.3 Å². The van der Waals surface area contributed by atoms with Gasteiger partial charge in [-0.05, 0) is 41.8 Å². The molecule has 1 aliphatic rings. The monoisotopic (exact) mass is 401 g/mol. The Morgan fingerprint density at radius 2 is 1.76 bits per heavy atom. The zero-order valence-electron chi connectivity index (χ0n) is 16.0. The number of benzene rings is 2. The van der Waals surface area contributed by atoms with Gasteiger partial charge in [0.25, 0.3) is 5.91 Å². The average molecular weight is 401 g/mol. The summed E-state index contributed by atoms with van der Waals surface area (Å²) in [5.41, 5.74) is 1.57. The molecule has 7 heteroatoms. The number of carbonyl (C=O) groups excluding carboxylic acids is 1. The smallest absolute Gasteiger partial charge is 0.337 e. The van der Waals surface area contributed by atoms with Gasteiger partial charge in [0.05, 0.1) is 18.1 Å². The third kappa shape index (κ3) is 5.58. The number of rotatable bonds is 4. The van der Waals surface area contributed by atoms with Crippen LogP contribution in [0.4, 0.5) is 13.2 Å². The number of hydrogen-bond donors (Lipinski definition) is 0. The molecule has 0 bridgehead atoms. The lowest BCUT2D eigenvalue weighted by atomic mass is 10.1. The van der Waals surface area contributed by atoms with E-state index in [-0.39, 0.29) is 12.3 Å². The van der Waals surface area contributed by atoms with Crippen LogP contribution in [0.3, 0.4) is 0 Å². The Labute approximate surface area is 168 Å². The lowest BCUT2D eigenvalue weighted by Crippen LogP contribution is -2.35. The molecule has 1 aliphatic heterocycles. The van der Waals surface area contributed by atoms with E-state index in [9.17, 15) is 18.0 Å². The molecule has 0 N–H and O–H groups in total. The number of carbonyl (C=O) groups is 1. The first kappa shape index (κ1) is 20.9. The Balaban J connectivity index is 1.59. The van der Waals surface area contributed by atoms with Crippen LogP contribution in [0.5, 0.6) is 0 Å². The largest absolute Gasteiger partial charge is 0.416 e. The lowest BCUT2D eigenvalue weighted by molar-refractivity contribution is -0.137. The van der Waals surface area contributed by atoms with Gasteiger partial charge in [0, 0.05) is 38.3 Å². The molecule has 1 saturated heterocycles. The maximum absolute atomic E-state index is 12.8. The highest BCUT2D eigenvalue weighted by Gasteiger charge is 2.30. The van der Waals surface area contributed by atoms with Crippen LogP contribution < -0.4 is 0 Å². The fourth-order valence-corrected chi connectivity index (χ4v) is 3.48. The standard InChI is InChI=1S/C22H22F3N3O/c23-22(24,25)20-7-5-18(6-8-20)16-27-11-2-12-28(14-13-27)21(29)19-4-1-3-17(15-19)9-10-26/h1,3-8,15H,2,9,11-14,16H2. The van der Waals surface area contributed by atoms with Gasteiger partial charge < -0.3 is 4.90 Å². The Bertz CT molecular complexity index is 887. The first-order valence-corrected chi connectivity index (χ1v) is 9.50.